The molecular formula is C20H28N2OS2. The van der Waals surface area contributed by atoms with Gasteiger partial charge in [-0.15, -0.1) is 23.1 Å². The first-order chi connectivity index (χ1) is 11.9. The number of hydrogen-bond acceptors (Lipinski definition) is 4. The number of hydrogen-bond donors (Lipinski definition) is 1. The molecule has 0 aromatic carbocycles. The number of nitriles is 1. The van der Waals surface area contributed by atoms with Gasteiger partial charge in [-0.3, -0.25) is 4.79 Å². The highest BCUT2D eigenvalue weighted by Crippen LogP contribution is 2.44. The van der Waals surface area contributed by atoms with Crippen molar-refractivity contribution in [1.29, 1.82) is 5.26 Å². The Hall–Kier alpha value is -0.990. The highest BCUT2D eigenvalue weighted by molar-refractivity contribution is 8.00. The van der Waals surface area contributed by atoms with E-state index in [0.717, 1.165) is 24.3 Å². The molecule has 0 unspecified atom stereocenters. The van der Waals surface area contributed by atoms with Gasteiger partial charge < -0.3 is 5.32 Å². The topological polar surface area (TPSA) is 52.9 Å². The van der Waals surface area contributed by atoms with Crippen molar-refractivity contribution in [1.82, 2.24) is 0 Å². The summed E-state index contributed by atoms with van der Waals surface area (Å²) in [5.74, 6) is 1.19. The second-order valence-corrected chi connectivity index (χ2v) is 10.8. The number of nitrogens with one attached hydrogen (secondary N) is 1. The molecular weight excluding hydrogens is 348 g/mol. The lowest BCUT2D eigenvalue weighted by atomic mass is 9.72. The Kier molecular flexibility index (Phi) is 5.80. The Balaban J connectivity index is 1.67. The lowest BCUT2D eigenvalue weighted by Crippen LogP contribution is -2.26. The zero-order chi connectivity index (χ0) is 18.0. The van der Waals surface area contributed by atoms with Gasteiger partial charge in [-0.25, -0.2) is 0 Å². The molecule has 25 heavy (non-hydrogen) atoms. The predicted molar refractivity (Wildman–Crippen MR) is 107 cm³/mol. The summed E-state index contributed by atoms with van der Waals surface area (Å²) in [5, 5.41) is 14.1. The number of amides is 1. The van der Waals surface area contributed by atoms with Gasteiger partial charge in [-0.1, -0.05) is 33.6 Å². The molecule has 1 fully saturated rings. The monoisotopic (exact) mass is 376 g/mol. The van der Waals surface area contributed by atoms with Crippen LogP contribution < -0.4 is 5.32 Å². The molecule has 2 aliphatic carbocycles. The Morgan fingerprint density at radius 2 is 2.04 bits per heavy atom. The van der Waals surface area contributed by atoms with E-state index in [1.165, 1.54) is 36.1 Å². The molecule has 2 aliphatic rings. The maximum Gasteiger partial charge on any atom is 0.235 e. The molecule has 0 saturated heterocycles. The largest absolute Gasteiger partial charge is 0.316 e. The van der Waals surface area contributed by atoms with Crippen molar-refractivity contribution in [3.8, 4) is 6.07 Å². The zero-order valence-corrected chi connectivity index (χ0v) is 17.1. The fourth-order valence-electron chi connectivity index (χ4n) is 3.94. The molecule has 0 radical (unpaired) electrons. The van der Waals surface area contributed by atoms with E-state index in [9.17, 15) is 10.1 Å². The van der Waals surface area contributed by atoms with Crippen LogP contribution in [0.3, 0.4) is 0 Å². The van der Waals surface area contributed by atoms with Crippen molar-refractivity contribution in [2.45, 2.75) is 71.0 Å². The molecule has 1 N–H and O–H groups in total. The van der Waals surface area contributed by atoms with Gasteiger partial charge in [0.25, 0.3) is 0 Å². The molecule has 1 aromatic rings. The molecule has 0 aliphatic heterocycles. The standard InChI is InChI=1S/C20H28N2OS2/c1-20(2,3)13-8-9-15-16(11-21)19(25-17(15)10-13)22-18(23)12-24-14-6-4-5-7-14/h13-14H,4-10,12H2,1-3H3,(H,22,23)/t13-/m1/s1. The second kappa shape index (κ2) is 7.72. The van der Waals surface area contributed by atoms with Crippen molar-refractivity contribution in [3.63, 3.8) is 0 Å². The van der Waals surface area contributed by atoms with Gasteiger partial charge in [0.05, 0.1) is 11.3 Å². The van der Waals surface area contributed by atoms with Crippen LogP contribution in [0.25, 0.3) is 0 Å². The number of carbonyl (C=O) groups excluding carboxylic acids is 1. The minimum absolute atomic E-state index is 0.0411. The number of rotatable bonds is 4. The molecule has 136 valence electrons. The van der Waals surface area contributed by atoms with Gasteiger partial charge in [0.15, 0.2) is 0 Å². The van der Waals surface area contributed by atoms with E-state index < -0.39 is 0 Å². The Morgan fingerprint density at radius 3 is 2.68 bits per heavy atom. The van der Waals surface area contributed by atoms with Gasteiger partial charge in [0.1, 0.15) is 11.1 Å². The fraction of sp³-hybridized carbons (Fsp3) is 0.700. The summed E-state index contributed by atoms with van der Waals surface area (Å²) >= 11 is 3.40. The van der Waals surface area contributed by atoms with E-state index in [-0.39, 0.29) is 11.3 Å². The molecule has 1 heterocycles. The van der Waals surface area contributed by atoms with Crippen molar-refractivity contribution in [3.05, 3.63) is 16.0 Å². The number of fused-ring (bicyclic) bond motifs is 1. The molecule has 1 saturated carbocycles. The number of carbonyl (C=O) groups is 1. The zero-order valence-electron chi connectivity index (χ0n) is 15.5. The highest BCUT2D eigenvalue weighted by Gasteiger charge is 2.32. The van der Waals surface area contributed by atoms with E-state index >= 15 is 0 Å². The minimum Gasteiger partial charge on any atom is -0.316 e. The van der Waals surface area contributed by atoms with E-state index in [1.54, 1.807) is 23.1 Å². The van der Waals surface area contributed by atoms with Crippen molar-refractivity contribution < 1.29 is 4.79 Å². The average molecular weight is 377 g/mol. The minimum atomic E-state index is 0.0411. The van der Waals surface area contributed by atoms with Crippen LogP contribution in [-0.2, 0) is 17.6 Å². The predicted octanol–water partition coefficient (Wildman–Crippen LogP) is 5.39. The normalized spacial score (nSPS) is 21.0. The SMILES string of the molecule is CC(C)(C)[C@@H]1CCc2c(sc(NC(=O)CSC3CCCC3)c2C#N)C1. The summed E-state index contributed by atoms with van der Waals surface area (Å²) < 4.78 is 0. The van der Waals surface area contributed by atoms with Gasteiger partial charge in [0.2, 0.25) is 5.91 Å². The van der Waals surface area contributed by atoms with Crippen molar-refractivity contribution in [2.24, 2.45) is 11.3 Å². The van der Waals surface area contributed by atoms with E-state index in [4.69, 9.17) is 0 Å². The lowest BCUT2D eigenvalue weighted by Gasteiger charge is -2.33. The van der Waals surface area contributed by atoms with Gasteiger partial charge in [-0.05, 0) is 49.0 Å². The fourth-order valence-corrected chi connectivity index (χ4v) is 6.36. The number of thiophene rings is 1. The molecule has 1 aromatic heterocycles. The third-order valence-corrected chi connectivity index (χ3v) is 8.15. The van der Waals surface area contributed by atoms with Crippen LogP contribution >= 0.6 is 23.1 Å². The summed E-state index contributed by atoms with van der Waals surface area (Å²) in [6.45, 7) is 6.89. The maximum absolute atomic E-state index is 12.3. The Bertz CT molecular complexity index is 675. The molecule has 1 atom stereocenters. The van der Waals surface area contributed by atoms with Crippen LogP contribution in [0.5, 0.6) is 0 Å². The first-order valence-corrected chi connectivity index (χ1v) is 11.2. The van der Waals surface area contributed by atoms with Crippen LogP contribution in [0.1, 0.15) is 68.9 Å². The summed E-state index contributed by atoms with van der Waals surface area (Å²) in [5.41, 5.74) is 2.19. The first-order valence-electron chi connectivity index (χ1n) is 9.34. The quantitative estimate of drug-likeness (QED) is 0.767. The van der Waals surface area contributed by atoms with Crippen LogP contribution in [0, 0.1) is 22.7 Å². The van der Waals surface area contributed by atoms with Crippen LogP contribution in [0.2, 0.25) is 0 Å². The summed E-state index contributed by atoms with van der Waals surface area (Å²) in [4.78, 5) is 13.6. The summed E-state index contributed by atoms with van der Waals surface area (Å²) in [7, 11) is 0. The third kappa shape index (κ3) is 4.41. The first kappa shape index (κ1) is 18.8. The van der Waals surface area contributed by atoms with Gasteiger partial charge in [-0.2, -0.15) is 5.26 Å². The number of anilines is 1. The van der Waals surface area contributed by atoms with Crippen LogP contribution in [0.15, 0.2) is 0 Å². The van der Waals surface area contributed by atoms with E-state index in [0.29, 0.717) is 22.5 Å². The number of thioether (sulfide) groups is 1. The maximum atomic E-state index is 12.3. The molecule has 0 spiro atoms. The van der Waals surface area contributed by atoms with Crippen LogP contribution in [0.4, 0.5) is 5.00 Å². The molecule has 3 nitrogen and oxygen atoms in total. The smallest absolute Gasteiger partial charge is 0.235 e. The molecule has 0 bridgehead atoms. The van der Waals surface area contributed by atoms with Gasteiger partial charge in [0, 0.05) is 10.1 Å². The van der Waals surface area contributed by atoms with E-state index in [1.807, 2.05) is 0 Å². The lowest BCUT2D eigenvalue weighted by molar-refractivity contribution is -0.113. The van der Waals surface area contributed by atoms with Gasteiger partial charge >= 0.3 is 0 Å². The molecule has 1 amide bonds. The molecule has 3 rings (SSSR count). The molecule has 5 heteroatoms. The second-order valence-electron chi connectivity index (χ2n) is 8.39. The third-order valence-electron chi connectivity index (χ3n) is 5.61. The highest BCUT2D eigenvalue weighted by atomic mass is 32.2. The van der Waals surface area contributed by atoms with Crippen molar-refractivity contribution >= 4 is 34.0 Å². The van der Waals surface area contributed by atoms with Crippen LogP contribution in [-0.4, -0.2) is 16.9 Å². The summed E-state index contributed by atoms with van der Waals surface area (Å²) in [6.07, 6.45) is 8.20. The average Bonchev–Trinajstić information content (AvgIpc) is 3.18. The summed E-state index contributed by atoms with van der Waals surface area (Å²) in [6, 6.07) is 2.35. The van der Waals surface area contributed by atoms with E-state index in [2.05, 4.69) is 32.2 Å². The van der Waals surface area contributed by atoms with Crippen molar-refractivity contribution in [2.75, 3.05) is 11.1 Å². The number of nitrogens with zero attached hydrogens (tertiary/aromatic N) is 1. The Labute approximate surface area is 159 Å². The Morgan fingerprint density at radius 1 is 1.32 bits per heavy atom.